The molecule has 0 amide bonds. The van der Waals surface area contributed by atoms with E-state index in [4.69, 9.17) is 5.11 Å². The largest absolute Gasteiger partial charge is 0.480 e. The van der Waals surface area contributed by atoms with Gasteiger partial charge in [-0.3, -0.25) is 4.79 Å². The van der Waals surface area contributed by atoms with Crippen LogP contribution in [0.3, 0.4) is 0 Å². The monoisotopic (exact) mass is 340 g/mol. The maximum atomic E-state index is 12.3. The molecular weight excluding hydrogens is 328 g/mol. The lowest BCUT2D eigenvalue weighted by atomic mass is 10.5. The number of carbonyl (C=O) groups is 1. The van der Waals surface area contributed by atoms with Crippen molar-refractivity contribution in [1.82, 2.24) is 19.3 Å². The molecule has 0 spiro atoms. The van der Waals surface area contributed by atoms with E-state index in [9.17, 15) is 13.2 Å². The summed E-state index contributed by atoms with van der Waals surface area (Å²) >= 11 is 2.99. The summed E-state index contributed by atoms with van der Waals surface area (Å²) in [6.45, 7) is 1.29. The van der Waals surface area contributed by atoms with Crippen LogP contribution in [0.25, 0.3) is 0 Å². The van der Waals surface area contributed by atoms with Gasteiger partial charge in [0, 0.05) is 13.6 Å². The lowest BCUT2D eigenvalue weighted by molar-refractivity contribution is -0.137. The van der Waals surface area contributed by atoms with Crippen LogP contribution >= 0.6 is 15.9 Å². The van der Waals surface area contributed by atoms with Gasteiger partial charge in [0.25, 0.3) is 10.0 Å². The number of aromatic nitrogens is 3. The normalized spacial score (nSPS) is 12.0. The zero-order chi connectivity index (χ0) is 13.9. The molecule has 1 rings (SSSR count). The van der Waals surface area contributed by atoms with Gasteiger partial charge >= 0.3 is 5.97 Å². The number of rotatable bonds is 6. The molecule has 8 nitrogen and oxygen atoms in total. The first-order chi connectivity index (χ1) is 8.30. The number of aryl methyl sites for hydroxylation is 1. The highest BCUT2D eigenvalue weighted by atomic mass is 79.9. The zero-order valence-corrected chi connectivity index (χ0v) is 12.3. The Labute approximate surface area is 113 Å². The van der Waals surface area contributed by atoms with Gasteiger partial charge < -0.3 is 5.11 Å². The highest BCUT2D eigenvalue weighted by molar-refractivity contribution is 9.10. The second-order valence-corrected chi connectivity index (χ2v) is 6.15. The molecule has 102 valence electrons. The first kappa shape index (κ1) is 15.1. The molecule has 18 heavy (non-hydrogen) atoms. The van der Waals surface area contributed by atoms with E-state index >= 15 is 0 Å². The van der Waals surface area contributed by atoms with Crippen LogP contribution in [-0.4, -0.2) is 51.9 Å². The molecule has 0 unspecified atom stereocenters. The second-order valence-electron chi connectivity index (χ2n) is 3.54. The SMILES string of the molecule is CCCN(CC(=O)O)S(=O)(=O)c1c(Br)nnn1C. The van der Waals surface area contributed by atoms with Gasteiger partial charge in [0.15, 0.2) is 4.60 Å². The molecule has 0 fully saturated rings. The van der Waals surface area contributed by atoms with E-state index < -0.39 is 22.5 Å². The van der Waals surface area contributed by atoms with Crippen molar-refractivity contribution in [1.29, 1.82) is 0 Å². The molecule has 0 saturated heterocycles. The zero-order valence-electron chi connectivity index (χ0n) is 9.87. The molecule has 0 saturated carbocycles. The average Bonchev–Trinajstić information content (AvgIpc) is 2.57. The quantitative estimate of drug-likeness (QED) is 0.785. The standard InChI is InChI=1S/C8H13BrN4O4S/c1-3-4-13(5-6(14)15)18(16,17)8-7(9)10-11-12(8)2/h3-5H2,1-2H3,(H,14,15). The number of hydrogen-bond acceptors (Lipinski definition) is 5. The molecular formula is C8H13BrN4O4S. The van der Waals surface area contributed by atoms with Gasteiger partial charge in [-0.15, -0.1) is 5.10 Å². The minimum atomic E-state index is -3.93. The van der Waals surface area contributed by atoms with Crippen molar-refractivity contribution < 1.29 is 18.3 Å². The fraction of sp³-hybridized carbons (Fsp3) is 0.625. The molecule has 10 heteroatoms. The van der Waals surface area contributed by atoms with E-state index in [-0.39, 0.29) is 16.2 Å². The van der Waals surface area contributed by atoms with Crippen LogP contribution in [0.4, 0.5) is 0 Å². The number of hydrogen-bond donors (Lipinski definition) is 1. The predicted molar refractivity (Wildman–Crippen MR) is 65.4 cm³/mol. The summed E-state index contributed by atoms with van der Waals surface area (Å²) < 4.78 is 26.6. The number of carboxylic acid groups (broad SMARTS) is 1. The van der Waals surface area contributed by atoms with Crippen LogP contribution < -0.4 is 0 Å². The fourth-order valence-corrected chi connectivity index (χ4v) is 3.92. The van der Waals surface area contributed by atoms with E-state index in [0.29, 0.717) is 6.42 Å². The van der Waals surface area contributed by atoms with Gasteiger partial charge in [-0.2, -0.15) is 4.31 Å². The van der Waals surface area contributed by atoms with E-state index in [1.54, 1.807) is 6.92 Å². The second kappa shape index (κ2) is 5.76. The summed E-state index contributed by atoms with van der Waals surface area (Å²) in [7, 11) is -2.51. The molecule has 0 aliphatic carbocycles. The Kier molecular flexibility index (Phi) is 4.82. The van der Waals surface area contributed by atoms with Crippen LogP contribution in [0.5, 0.6) is 0 Å². The van der Waals surface area contributed by atoms with Crippen molar-refractivity contribution in [2.75, 3.05) is 13.1 Å². The first-order valence-corrected chi connectivity index (χ1v) is 7.31. The molecule has 0 radical (unpaired) electrons. The lowest BCUT2D eigenvalue weighted by Crippen LogP contribution is -2.37. The topological polar surface area (TPSA) is 105 Å². The summed E-state index contributed by atoms with van der Waals surface area (Å²) in [6, 6.07) is 0. The Morgan fingerprint density at radius 3 is 2.56 bits per heavy atom. The fourth-order valence-electron chi connectivity index (χ4n) is 1.40. The van der Waals surface area contributed by atoms with Gasteiger partial charge in [-0.1, -0.05) is 12.1 Å². The summed E-state index contributed by atoms with van der Waals surface area (Å²) in [6.07, 6.45) is 0.509. The number of nitrogens with zero attached hydrogens (tertiary/aromatic N) is 4. The number of halogens is 1. The molecule has 1 heterocycles. The molecule has 1 aromatic heterocycles. The maximum absolute atomic E-state index is 12.3. The Bertz CT molecular complexity index is 522. The van der Waals surface area contributed by atoms with E-state index in [1.807, 2.05) is 0 Å². The van der Waals surface area contributed by atoms with Crippen molar-refractivity contribution in [2.45, 2.75) is 18.4 Å². The van der Waals surface area contributed by atoms with E-state index in [1.165, 1.54) is 7.05 Å². The van der Waals surface area contributed by atoms with Gasteiger partial charge in [0.1, 0.15) is 6.54 Å². The van der Waals surface area contributed by atoms with E-state index in [2.05, 4.69) is 26.2 Å². The van der Waals surface area contributed by atoms with Gasteiger partial charge in [0.05, 0.1) is 0 Å². The number of aliphatic carboxylic acids is 1. The Balaban J connectivity index is 3.21. The van der Waals surface area contributed by atoms with Crippen LogP contribution in [0, 0.1) is 0 Å². The minimum absolute atomic E-state index is 0.0662. The third kappa shape index (κ3) is 3.06. The van der Waals surface area contributed by atoms with Crippen LogP contribution in [0.15, 0.2) is 9.63 Å². The summed E-state index contributed by atoms with van der Waals surface area (Å²) in [5, 5.41) is 15.7. The molecule has 1 aromatic rings. The van der Waals surface area contributed by atoms with Crippen molar-refractivity contribution in [3.05, 3.63) is 4.60 Å². The van der Waals surface area contributed by atoms with Crippen LogP contribution in [0.1, 0.15) is 13.3 Å². The third-order valence-electron chi connectivity index (χ3n) is 2.11. The molecule has 0 aromatic carbocycles. The number of sulfonamides is 1. The van der Waals surface area contributed by atoms with Crippen LogP contribution in [-0.2, 0) is 21.9 Å². The Morgan fingerprint density at radius 1 is 1.56 bits per heavy atom. The van der Waals surface area contributed by atoms with Gasteiger partial charge in [-0.05, 0) is 22.4 Å². The molecule has 0 aliphatic heterocycles. The Morgan fingerprint density at radius 2 is 2.17 bits per heavy atom. The molecule has 0 atom stereocenters. The van der Waals surface area contributed by atoms with Crippen molar-refractivity contribution in [2.24, 2.45) is 7.05 Å². The molecule has 1 N–H and O–H groups in total. The smallest absolute Gasteiger partial charge is 0.318 e. The van der Waals surface area contributed by atoms with Crippen LogP contribution in [0.2, 0.25) is 0 Å². The summed E-state index contributed by atoms with van der Waals surface area (Å²) in [4.78, 5) is 10.7. The molecule has 0 bridgehead atoms. The maximum Gasteiger partial charge on any atom is 0.318 e. The predicted octanol–water partition coefficient (Wildman–Crippen LogP) is 0.0629. The third-order valence-corrected chi connectivity index (χ3v) is 4.84. The first-order valence-electron chi connectivity index (χ1n) is 5.07. The van der Waals surface area contributed by atoms with E-state index in [0.717, 1.165) is 8.99 Å². The highest BCUT2D eigenvalue weighted by Gasteiger charge is 2.31. The molecule has 0 aliphatic rings. The van der Waals surface area contributed by atoms with Crippen molar-refractivity contribution >= 4 is 31.9 Å². The van der Waals surface area contributed by atoms with Gasteiger partial charge in [0.2, 0.25) is 5.03 Å². The highest BCUT2D eigenvalue weighted by Crippen LogP contribution is 2.22. The minimum Gasteiger partial charge on any atom is -0.480 e. The number of carboxylic acids is 1. The summed E-state index contributed by atoms with van der Waals surface area (Å²) in [5.41, 5.74) is 0. The average molecular weight is 341 g/mol. The van der Waals surface area contributed by atoms with Crippen molar-refractivity contribution in [3.63, 3.8) is 0 Å². The summed E-state index contributed by atoms with van der Waals surface area (Å²) in [5.74, 6) is -1.21. The van der Waals surface area contributed by atoms with Crippen molar-refractivity contribution in [3.8, 4) is 0 Å². The lowest BCUT2D eigenvalue weighted by Gasteiger charge is -2.19. The Hall–Kier alpha value is -1.00. The van der Waals surface area contributed by atoms with Gasteiger partial charge in [-0.25, -0.2) is 13.1 Å².